The molecule has 116 valence electrons. The second-order valence-corrected chi connectivity index (χ2v) is 7.12. The van der Waals surface area contributed by atoms with Gasteiger partial charge in [-0.3, -0.25) is 4.79 Å². The molecule has 8 heteroatoms. The predicted molar refractivity (Wildman–Crippen MR) is 82.8 cm³/mol. The van der Waals surface area contributed by atoms with Crippen molar-refractivity contribution < 1.29 is 18.0 Å². The lowest BCUT2D eigenvalue weighted by Gasteiger charge is -2.20. The predicted octanol–water partition coefficient (Wildman–Crippen LogP) is 2.74. The van der Waals surface area contributed by atoms with Crippen molar-refractivity contribution in [3.8, 4) is 0 Å². The van der Waals surface area contributed by atoms with Crippen LogP contribution in [0.1, 0.15) is 24.2 Å². The van der Waals surface area contributed by atoms with Gasteiger partial charge < -0.3 is 4.84 Å². The highest BCUT2D eigenvalue weighted by molar-refractivity contribution is 7.87. The number of allylic oxidation sites excluding steroid dienone is 1. The highest BCUT2D eigenvalue weighted by Gasteiger charge is 2.35. The van der Waals surface area contributed by atoms with Crippen LogP contribution in [-0.2, 0) is 15.0 Å². The Morgan fingerprint density at radius 3 is 2.68 bits per heavy atom. The third kappa shape index (κ3) is 2.22. The average Bonchev–Trinajstić information content (AvgIpc) is 2.99. The largest absolute Gasteiger partial charge is 0.394 e. The van der Waals surface area contributed by atoms with Gasteiger partial charge in [-0.2, -0.15) is 8.42 Å². The van der Waals surface area contributed by atoms with Crippen molar-refractivity contribution in [3.05, 3.63) is 46.8 Å². The Balaban J connectivity index is 2.20. The molecule has 0 bridgehead atoms. The molecule has 2 heterocycles. The number of hydrogen-bond acceptors (Lipinski definition) is 4. The molecule has 0 aliphatic carbocycles. The van der Waals surface area contributed by atoms with Crippen LogP contribution in [0.4, 0.5) is 0 Å². The molecule has 1 aromatic carbocycles. The van der Waals surface area contributed by atoms with Crippen LogP contribution < -0.4 is 0 Å². The van der Waals surface area contributed by atoms with Crippen molar-refractivity contribution in [3.63, 3.8) is 0 Å². The molecule has 0 spiro atoms. The molecule has 0 saturated heterocycles. The minimum atomic E-state index is -3.98. The molecular weight excluding hydrogens is 328 g/mol. The molecule has 1 aliphatic heterocycles. The van der Waals surface area contributed by atoms with Crippen molar-refractivity contribution in [1.29, 1.82) is 0 Å². The molecule has 1 aromatic heterocycles. The highest BCUT2D eigenvalue weighted by Crippen LogP contribution is 2.29. The monoisotopic (exact) mass is 340 g/mol. The number of carbonyl (C=O) groups excluding carboxylic acids is 1. The lowest BCUT2D eigenvalue weighted by atomic mass is 10.2. The lowest BCUT2D eigenvalue weighted by Crippen LogP contribution is -2.37. The number of benzene rings is 1. The van der Waals surface area contributed by atoms with Gasteiger partial charge >= 0.3 is 10.2 Å². The number of hydroxylamine groups is 1. The van der Waals surface area contributed by atoms with E-state index >= 15 is 0 Å². The van der Waals surface area contributed by atoms with E-state index in [4.69, 9.17) is 16.4 Å². The number of fused-ring (bicyclic) bond motifs is 1. The van der Waals surface area contributed by atoms with Crippen LogP contribution in [-0.4, -0.2) is 29.2 Å². The van der Waals surface area contributed by atoms with E-state index in [0.717, 1.165) is 8.44 Å². The molecule has 0 amide bonds. The summed E-state index contributed by atoms with van der Waals surface area (Å²) in [6.07, 6.45) is 3.57. The first-order valence-corrected chi connectivity index (χ1v) is 8.29. The van der Waals surface area contributed by atoms with Crippen molar-refractivity contribution in [1.82, 2.24) is 8.44 Å². The van der Waals surface area contributed by atoms with E-state index in [0.29, 0.717) is 28.0 Å². The lowest BCUT2D eigenvalue weighted by molar-refractivity contribution is -0.0269. The molecule has 6 nitrogen and oxygen atoms in total. The fourth-order valence-electron chi connectivity index (χ4n) is 2.48. The summed E-state index contributed by atoms with van der Waals surface area (Å²) in [5.41, 5.74) is 0.615. The van der Waals surface area contributed by atoms with Gasteiger partial charge in [-0.25, -0.2) is 3.97 Å². The van der Waals surface area contributed by atoms with E-state index in [9.17, 15) is 13.2 Å². The summed E-state index contributed by atoms with van der Waals surface area (Å²) in [5.74, 6) is 0.506. The van der Waals surface area contributed by atoms with Gasteiger partial charge in [-0.1, -0.05) is 11.6 Å². The summed E-state index contributed by atoms with van der Waals surface area (Å²) in [4.78, 5) is 16.5. The Morgan fingerprint density at radius 2 is 2.09 bits per heavy atom. The van der Waals surface area contributed by atoms with Crippen LogP contribution in [0.2, 0.25) is 5.02 Å². The Morgan fingerprint density at radius 1 is 1.36 bits per heavy atom. The highest BCUT2D eigenvalue weighted by atomic mass is 35.5. The van der Waals surface area contributed by atoms with E-state index in [-0.39, 0.29) is 5.56 Å². The maximum Gasteiger partial charge on any atom is 0.339 e. The van der Waals surface area contributed by atoms with Crippen molar-refractivity contribution in [2.45, 2.75) is 19.9 Å². The van der Waals surface area contributed by atoms with Gasteiger partial charge in [0.2, 0.25) is 0 Å². The van der Waals surface area contributed by atoms with Crippen LogP contribution in [0, 0.1) is 0 Å². The molecule has 22 heavy (non-hydrogen) atoms. The number of hydrogen-bond donors (Lipinski definition) is 0. The molecule has 2 aromatic rings. The van der Waals surface area contributed by atoms with E-state index in [1.807, 2.05) is 0 Å². The molecule has 1 aliphatic rings. The SMILES string of the molecule is CC1=CC(C)N(S(=O)(=O)n2cc(C=O)c3cc(Cl)ccc32)O1. The Labute approximate surface area is 132 Å². The van der Waals surface area contributed by atoms with Gasteiger partial charge in [0.15, 0.2) is 6.29 Å². The average molecular weight is 341 g/mol. The molecule has 0 fully saturated rings. The topological polar surface area (TPSA) is 68.6 Å². The van der Waals surface area contributed by atoms with E-state index in [1.54, 1.807) is 38.1 Å². The van der Waals surface area contributed by atoms with Gasteiger partial charge in [-0.05, 0) is 42.6 Å². The molecule has 0 saturated carbocycles. The number of nitrogens with zero attached hydrogens (tertiary/aromatic N) is 2. The van der Waals surface area contributed by atoms with Crippen LogP contribution in [0.5, 0.6) is 0 Å². The zero-order chi connectivity index (χ0) is 16.1. The van der Waals surface area contributed by atoms with Gasteiger partial charge in [0.1, 0.15) is 5.76 Å². The Hall–Kier alpha value is -1.83. The summed E-state index contributed by atoms with van der Waals surface area (Å²) in [6, 6.07) is 4.25. The van der Waals surface area contributed by atoms with Gasteiger partial charge in [0, 0.05) is 22.2 Å². The molecular formula is C14H13ClN2O4S. The summed E-state index contributed by atoms with van der Waals surface area (Å²) in [6.45, 7) is 3.38. The maximum absolute atomic E-state index is 12.8. The first-order chi connectivity index (χ1) is 10.3. The molecule has 0 N–H and O–H groups in total. The first-order valence-electron chi connectivity index (χ1n) is 6.51. The third-order valence-electron chi connectivity index (χ3n) is 3.41. The van der Waals surface area contributed by atoms with Crippen molar-refractivity contribution >= 4 is 39.0 Å². The number of aldehydes is 1. The normalized spacial score (nSPS) is 19.2. The minimum absolute atomic E-state index is 0.248. The summed E-state index contributed by atoms with van der Waals surface area (Å²) in [7, 11) is -3.98. The van der Waals surface area contributed by atoms with Crippen LogP contribution in [0.15, 0.2) is 36.2 Å². The fourth-order valence-corrected chi connectivity index (χ4v) is 4.17. The number of carbonyl (C=O) groups is 1. The van der Waals surface area contributed by atoms with E-state index in [1.165, 1.54) is 6.20 Å². The molecule has 1 atom stereocenters. The zero-order valence-electron chi connectivity index (χ0n) is 11.9. The quantitative estimate of drug-likeness (QED) is 0.806. The molecule has 0 radical (unpaired) electrons. The standard InChI is InChI=1S/C14H13ClN2O4S/c1-9-5-10(2)21-17(9)22(19,20)16-7-11(8-18)13-6-12(15)3-4-14(13)16/h3-9H,1-2H3. The van der Waals surface area contributed by atoms with Gasteiger partial charge in [0.25, 0.3) is 0 Å². The van der Waals surface area contributed by atoms with Crippen LogP contribution >= 0.6 is 11.6 Å². The first kappa shape index (κ1) is 15.1. The van der Waals surface area contributed by atoms with Crippen molar-refractivity contribution in [2.24, 2.45) is 0 Å². The molecule has 1 unspecified atom stereocenters. The minimum Gasteiger partial charge on any atom is -0.394 e. The van der Waals surface area contributed by atoms with E-state index in [2.05, 4.69) is 0 Å². The zero-order valence-corrected chi connectivity index (χ0v) is 13.4. The number of aromatic nitrogens is 1. The number of halogens is 1. The summed E-state index contributed by atoms with van der Waals surface area (Å²) < 4.78 is 27.5. The Kier molecular flexibility index (Phi) is 3.51. The third-order valence-corrected chi connectivity index (χ3v) is 5.30. The maximum atomic E-state index is 12.8. The second kappa shape index (κ2) is 5.12. The number of rotatable bonds is 3. The summed E-state index contributed by atoms with van der Waals surface area (Å²) >= 11 is 5.92. The second-order valence-electron chi connectivity index (χ2n) is 5.03. The van der Waals surface area contributed by atoms with Crippen LogP contribution in [0.25, 0.3) is 10.9 Å². The summed E-state index contributed by atoms with van der Waals surface area (Å²) in [5, 5.41) is 0.900. The smallest absolute Gasteiger partial charge is 0.339 e. The fraction of sp³-hybridized carbons (Fsp3) is 0.214. The van der Waals surface area contributed by atoms with Crippen LogP contribution in [0.3, 0.4) is 0 Å². The molecule has 3 rings (SSSR count). The van der Waals surface area contributed by atoms with Crippen molar-refractivity contribution in [2.75, 3.05) is 0 Å². The van der Waals surface area contributed by atoms with Gasteiger partial charge in [0.05, 0.1) is 11.6 Å². The van der Waals surface area contributed by atoms with E-state index < -0.39 is 16.3 Å². The Bertz CT molecular complexity index is 901. The van der Waals surface area contributed by atoms with Gasteiger partial charge in [-0.15, -0.1) is 0 Å².